The van der Waals surface area contributed by atoms with Crippen molar-refractivity contribution >= 4 is 5.78 Å². The fourth-order valence-electron chi connectivity index (χ4n) is 2.57. The van der Waals surface area contributed by atoms with Crippen molar-refractivity contribution in [3.05, 3.63) is 60.2 Å². The molecular formula is C17H15N3O. The Hall–Kier alpha value is -2.75. The van der Waals surface area contributed by atoms with Crippen molar-refractivity contribution in [3.8, 4) is 22.5 Å². The zero-order chi connectivity index (χ0) is 14.8. The molecule has 4 heteroatoms. The van der Waals surface area contributed by atoms with Gasteiger partial charge >= 0.3 is 0 Å². The largest absolute Gasteiger partial charge is 0.354 e. The molecule has 3 aromatic heterocycles. The van der Waals surface area contributed by atoms with Crippen molar-refractivity contribution in [1.82, 2.24) is 15.0 Å². The molecule has 0 unspecified atom stereocenters. The van der Waals surface area contributed by atoms with Crippen molar-refractivity contribution in [2.24, 2.45) is 0 Å². The van der Waals surface area contributed by atoms with E-state index in [0.29, 0.717) is 0 Å². The Kier molecular flexibility index (Phi) is 3.36. The lowest BCUT2D eigenvalue weighted by Crippen LogP contribution is -1.95. The highest BCUT2D eigenvalue weighted by atomic mass is 16.1. The van der Waals surface area contributed by atoms with Crippen LogP contribution in [0.4, 0.5) is 0 Å². The summed E-state index contributed by atoms with van der Waals surface area (Å²) in [7, 11) is 0. The molecule has 0 saturated heterocycles. The van der Waals surface area contributed by atoms with E-state index in [1.54, 1.807) is 31.7 Å². The molecule has 0 atom stereocenters. The number of hydrogen-bond donors (Lipinski definition) is 1. The maximum atomic E-state index is 12.1. The molecule has 0 spiro atoms. The normalized spacial score (nSPS) is 10.6. The van der Waals surface area contributed by atoms with Gasteiger partial charge in [0.25, 0.3) is 0 Å². The van der Waals surface area contributed by atoms with Crippen LogP contribution in [0.5, 0.6) is 0 Å². The molecule has 0 aromatic carbocycles. The number of carbonyl (C=O) groups excluding carboxylic acids is 1. The van der Waals surface area contributed by atoms with E-state index in [4.69, 9.17) is 0 Å². The maximum absolute atomic E-state index is 12.1. The molecule has 0 amide bonds. The van der Waals surface area contributed by atoms with Gasteiger partial charge in [-0.25, -0.2) is 0 Å². The van der Waals surface area contributed by atoms with E-state index in [1.165, 1.54) is 0 Å². The molecule has 0 radical (unpaired) electrons. The summed E-state index contributed by atoms with van der Waals surface area (Å²) >= 11 is 0. The molecule has 3 rings (SSSR count). The first-order valence-corrected chi connectivity index (χ1v) is 6.72. The zero-order valence-corrected chi connectivity index (χ0v) is 11.9. The predicted molar refractivity (Wildman–Crippen MR) is 82.0 cm³/mol. The SMILES string of the molecule is CC(=O)c1c(-c2cccnc2)[nH]c(-c2ccncc2)c1C. The van der Waals surface area contributed by atoms with E-state index in [0.717, 1.165) is 33.6 Å². The topological polar surface area (TPSA) is 58.6 Å². The standard InChI is InChI=1S/C17H15N3O/c1-11-15(12(2)21)17(14-4-3-7-19-10-14)20-16(11)13-5-8-18-9-6-13/h3-10,20H,1-2H3. The van der Waals surface area contributed by atoms with Crippen LogP contribution in [0.25, 0.3) is 22.5 Å². The second-order valence-corrected chi connectivity index (χ2v) is 4.91. The number of nitrogens with one attached hydrogen (secondary N) is 1. The van der Waals surface area contributed by atoms with Gasteiger partial charge in [0.1, 0.15) is 0 Å². The summed E-state index contributed by atoms with van der Waals surface area (Å²) in [4.78, 5) is 23.6. The third-order valence-electron chi connectivity index (χ3n) is 3.52. The van der Waals surface area contributed by atoms with Crippen molar-refractivity contribution in [1.29, 1.82) is 0 Å². The third-order valence-corrected chi connectivity index (χ3v) is 3.52. The molecule has 0 aliphatic heterocycles. The first-order chi connectivity index (χ1) is 10.2. The smallest absolute Gasteiger partial charge is 0.162 e. The summed E-state index contributed by atoms with van der Waals surface area (Å²) in [6, 6.07) is 7.66. The van der Waals surface area contributed by atoms with E-state index in [9.17, 15) is 4.79 Å². The third kappa shape index (κ3) is 2.36. The number of ketones is 1. The highest BCUT2D eigenvalue weighted by molar-refractivity contribution is 6.03. The number of H-pyrrole nitrogens is 1. The Balaban J connectivity index is 2.24. The van der Waals surface area contributed by atoms with Gasteiger partial charge in [-0.05, 0) is 43.7 Å². The van der Waals surface area contributed by atoms with Gasteiger partial charge in [-0.2, -0.15) is 0 Å². The number of carbonyl (C=O) groups is 1. The molecule has 0 aliphatic carbocycles. The quantitative estimate of drug-likeness (QED) is 0.743. The lowest BCUT2D eigenvalue weighted by Gasteiger charge is -2.01. The molecule has 0 bridgehead atoms. The van der Waals surface area contributed by atoms with Gasteiger partial charge < -0.3 is 4.98 Å². The van der Waals surface area contributed by atoms with Gasteiger partial charge in [0.15, 0.2) is 5.78 Å². The predicted octanol–water partition coefficient (Wildman–Crippen LogP) is 3.65. The molecule has 0 fully saturated rings. The van der Waals surface area contributed by atoms with Crippen LogP contribution in [0.1, 0.15) is 22.8 Å². The lowest BCUT2D eigenvalue weighted by molar-refractivity contribution is 0.101. The van der Waals surface area contributed by atoms with Crippen molar-refractivity contribution in [2.75, 3.05) is 0 Å². The lowest BCUT2D eigenvalue weighted by atomic mass is 10.0. The fourth-order valence-corrected chi connectivity index (χ4v) is 2.57. The van der Waals surface area contributed by atoms with Crippen LogP contribution in [-0.2, 0) is 0 Å². The van der Waals surface area contributed by atoms with Crippen LogP contribution < -0.4 is 0 Å². The minimum absolute atomic E-state index is 0.0444. The van der Waals surface area contributed by atoms with Crippen molar-refractivity contribution in [3.63, 3.8) is 0 Å². The number of pyridine rings is 2. The van der Waals surface area contributed by atoms with Crippen LogP contribution in [0, 0.1) is 6.92 Å². The Labute approximate surface area is 122 Å². The van der Waals surface area contributed by atoms with Gasteiger partial charge in [-0.3, -0.25) is 14.8 Å². The Morgan fingerprint density at radius 3 is 2.38 bits per heavy atom. The molecule has 0 aliphatic rings. The number of hydrogen-bond acceptors (Lipinski definition) is 3. The summed E-state index contributed by atoms with van der Waals surface area (Å²) < 4.78 is 0. The van der Waals surface area contributed by atoms with E-state index in [2.05, 4.69) is 15.0 Å². The van der Waals surface area contributed by atoms with E-state index in [-0.39, 0.29) is 5.78 Å². The van der Waals surface area contributed by atoms with Crippen LogP contribution in [0.2, 0.25) is 0 Å². The number of aromatic nitrogens is 3. The van der Waals surface area contributed by atoms with Gasteiger partial charge in [0.05, 0.1) is 5.69 Å². The van der Waals surface area contributed by atoms with Crippen LogP contribution in [-0.4, -0.2) is 20.7 Å². The van der Waals surface area contributed by atoms with Crippen LogP contribution >= 0.6 is 0 Å². The first-order valence-electron chi connectivity index (χ1n) is 6.72. The van der Waals surface area contributed by atoms with Crippen LogP contribution in [0.3, 0.4) is 0 Å². The minimum atomic E-state index is 0.0444. The van der Waals surface area contributed by atoms with E-state index >= 15 is 0 Å². The second kappa shape index (κ2) is 5.32. The average Bonchev–Trinajstić information content (AvgIpc) is 2.87. The zero-order valence-electron chi connectivity index (χ0n) is 11.9. The minimum Gasteiger partial charge on any atom is -0.354 e. The average molecular weight is 277 g/mol. The Bertz CT molecular complexity index is 777. The second-order valence-electron chi connectivity index (χ2n) is 4.91. The summed E-state index contributed by atoms with van der Waals surface area (Å²) in [6.45, 7) is 3.55. The number of rotatable bonds is 3. The van der Waals surface area contributed by atoms with Gasteiger partial charge in [-0.1, -0.05) is 0 Å². The molecule has 104 valence electrons. The maximum Gasteiger partial charge on any atom is 0.162 e. The Morgan fingerprint density at radius 1 is 1.00 bits per heavy atom. The highest BCUT2D eigenvalue weighted by Gasteiger charge is 2.19. The van der Waals surface area contributed by atoms with Gasteiger partial charge in [0.2, 0.25) is 0 Å². The highest BCUT2D eigenvalue weighted by Crippen LogP contribution is 2.33. The molecule has 1 N–H and O–H groups in total. The monoisotopic (exact) mass is 277 g/mol. The molecule has 3 aromatic rings. The van der Waals surface area contributed by atoms with Crippen molar-refractivity contribution in [2.45, 2.75) is 13.8 Å². The number of nitrogens with zero attached hydrogens (tertiary/aromatic N) is 2. The molecule has 4 nitrogen and oxygen atoms in total. The Morgan fingerprint density at radius 2 is 1.76 bits per heavy atom. The van der Waals surface area contributed by atoms with E-state index in [1.807, 2.05) is 31.2 Å². The van der Waals surface area contributed by atoms with Gasteiger partial charge in [0, 0.05) is 47.2 Å². The molecule has 0 saturated carbocycles. The van der Waals surface area contributed by atoms with E-state index < -0.39 is 0 Å². The van der Waals surface area contributed by atoms with Crippen molar-refractivity contribution < 1.29 is 4.79 Å². The summed E-state index contributed by atoms with van der Waals surface area (Å²) in [6.07, 6.45) is 6.96. The molecule has 21 heavy (non-hydrogen) atoms. The fraction of sp³-hybridized carbons (Fsp3) is 0.118. The summed E-state index contributed by atoms with van der Waals surface area (Å²) in [5, 5.41) is 0. The summed E-state index contributed by atoms with van der Waals surface area (Å²) in [5.41, 5.74) is 5.36. The molecular weight excluding hydrogens is 262 g/mol. The molecule has 3 heterocycles. The van der Waals surface area contributed by atoms with Gasteiger partial charge in [-0.15, -0.1) is 0 Å². The number of aromatic amines is 1. The summed E-state index contributed by atoms with van der Waals surface area (Å²) in [5.74, 6) is 0.0444. The number of Topliss-reactive ketones (excluding diaryl/α,β-unsaturated/α-hetero) is 1. The first kappa shape index (κ1) is 13.2. The van der Waals surface area contributed by atoms with Crippen LogP contribution in [0.15, 0.2) is 49.1 Å².